The Hall–Kier alpha value is -4.61. The quantitative estimate of drug-likeness (QED) is 0.140. The molecular formula is C39H46F2N4O5. The Morgan fingerprint density at radius 2 is 1.80 bits per heavy atom. The molecule has 1 saturated heterocycles. The molecule has 50 heavy (non-hydrogen) atoms. The van der Waals surface area contributed by atoms with Crippen LogP contribution in [-0.4, -0.2) is 62.7 Å². The topological polar surface area (TPSA) is 98.4 Å². The van der Waals surface area contributed by atoms with E-state index in [1.807, 2.05) is 27.7 Å². The van der Waals surface area contributed by atoms with E-state index in [1.165, 1.54) is 24.3 Å². The number of halogens is 2. The number of carbonyl (C=O) groups is 1. The molecule has 2 atom stereocenters. The molecule has 1 aliphatic rings. The number of hydrogen-bond donors (Lipinski definition) is 1. The summed E-state index contributed by atoms with van der Waals surface area (Å²) in [6.45, 7) is 20.2. The first kappa shape index (κ1) is 36.7. The molecule has 0 amide bonds. The number of hydrogen-bond acceptors (Lipinski definition) is 7. The van der Waals surface area contributed by atoms with Crippen molar-refractivity contribution in [2.24, 2.45) is 0 Å². The van der Waals surface area contributed by atoms with Crippen molar-refractivity contribution in [1.29, 1.82) is 0 Å². The highest BCUT2D eigenvalue weighted by molar-refractivity contribution is 5.80. The van der Waals surface area contributed by atoms with Gasteiger partial charge in [-0.1, -0.05) is 12.2 Å². The van der Waals surface area contributed by atoms with Gasteiger partial charge in [0.2, 0.25) is 0 Å². The van der Waals surface area contributed by atoms with Crippen LogP contribution in [0.3, 0.4) is 0 Å². The van der Waals surface area contributed by atoms with Crippen molar-refractivity contribution in [3.63, 3.8) is 0 Å². The minimum absolute atomic E-state index is 0.211. The van der Waals surface area contributed by atoms with Gasteiger partial charge in [-0.15, -0.1) is 13.2 Å². The molecule has 5 rings (SSSR count). The minimum atomic E-state index is -1.32. The highest BCUT2D eigenvalue weighted by Crippen LogP contribution is 2.40. The number of rotatable bonds is 13. The number of anilines is 1. The number of aliphatic carboxylic acids is 1. The summed E-state index contributed by atoms with van der Waals surface area (Å²) in [5.41, 5.74) is 1.92. The Bertz CT molecular complexity index is 1890. The van der Waals surface area contributed by atoms with Gasteiger partial charge in [0.15, 0.2) is 11.8 Å². The van der Waals surface area contributed by atoms with Gasteiger partial charge in [0.25, 0.3) is 0 Å². The highest BCUT2D eigenvalue weighted by atomic mass is 19.1. The Labute approximate surface area is 292 Å². The van der Waals surface area contributed by atoms with E-state index < -0.39 is 29.3 Å². The number of nitrogens with zero attached hydrogens (tertiary/aromatic N) is 4. The molecule has 1 aliphatic heterocycles. The van der Waals surface area contributed by atoms with Crippen LogP contribution in [0.4, 0.5) is 14.6 Å². The van der Waals surface area contributed by atoms with Crippen molar-refractivity contribution in [1.82, 2.24) is 14.6 Å². The number of aryl methyl sites for hydroxylation is 1. The number of aromatic nitrogens is 3. The molecule has 0 saturated carbocycles. The molecule has 0 aliphatic carbocycles. The van der Waals surface area contributed by atoms with Gasteiger partial charge in [0.05, 0.1) is 35.2 Å². The molecule has 1 unspecified atom stereocenters. The summed E-state index contributed by atoms with van der Waals surface area (Å²) in [7, 11) is 0. The van der Waals surface area contributed by atoms with Crippen LogP contribution in [0, 0.1) is 18.6 Å². The molecular weight excluding hydrogens is 642 g/mol. The summed E-state index contributed by atoms with van der Waals surface area (Å²) >= 11 is 0. The maximum absolute atomic E-state index is 15.5. The van der Waals surface area contributed by atoms with E-state index >= 15 is 4.39 Å². The largest absolute Gasteiger partial charge is 0.490 e. The minimum Gasteiger partial charge on any atom is -0.490 e. The zero-order valence-electron chi connectivity index (χ0n) is 29.6. The van der Waals surface area contributed by atoms with Crippen LogP contribution in [0.5, 0.6) is 5.75 Å². The summed E-state index contributed by atoms with van der Waals surface area (Å²) in [5, 5.41) is 15.4. The molecule has 3 heterocycles. The summed E-state index contributed by atoms with van der Waals surface area (Å²) in [4.78, 5) is 19.7. The molecule has 4 aromatic rings. The normalized spacial score (nSPS) is 15.9. The lowest BCUT2D eigenvalue weighted by Crippen LogP contribution is -2.45. The van der Waals surface area contributed by atoms with Crippen molar-refractivity contribution in [2.45, 2.75) is 84.2 Å². The second-order valence-corrected chi connectivity index (χ2v) is 14.0. The molecule has 266 valence electrons. The molecule has 0 spiro atoms. The number of piperidine rings is 1. The molecule has 11 heteroatoms. The van der Waals surface area contributed by atoms with Crippen LogP contribution in [0.1, 0.15) is 71.2 Å². The maximum Gasteiger partial charge on any atom is 0.337 e. The first-order chi connectivity index (χ1) is 23.6. The van der Waals surface area contributed by atoms with Gasteiger partial charge in [0, 0.05) is 54.0 Å². The molecule has 0 bridgehead atoms. The van der Waals surface area contributed by atoms with E-state index in [4.69, 9.17) is 24.3 Å². The second-order valence-electron chi connectivity index (χ2n) is 14.0. The van der Waals surface area contributed by atoms with Crippen LogP contribution < -0.4 is 9.64 Å². The van der Waals surface area contributed by atoms with Crippen LogP contribution in [-0.2, 0) is 14.3 Å². The van der Waals surface area contributed by atoms with Crippen LogP contribution in [0.25, 0.3) is 28.0 Å². The smallest absolute Gasteiger partial charge is 0.337 e. The second kappa shape index (κ2) is 14.7. The number of carboxylic acid groups (broad SMARTS) is 1. The zero-order chi connectivity index (χ0) is 36.4. The predicted octanol–water partition coefficient (Wildman–Crippen LogP) is 8.50. The Morgan fingerprint density at radius 3 is 2.44 bits per heavy atom. The summed E-state index contributed by atoms with van der Waals surface area (Å²) < 4.78 is 49.7. The first-order valence-electron chi connectivity index (χ1n) is 16.8. The molecule has 1 fully saturated rings. The fourth-order valence-electron chi connectivity index (χ4n) is 6.26. The standard InChI is InChI=1S/C39H46F2N4O5/c1-9-11-24(3)49-32-22-27(40)13-14-28(32)29-21-26(12-15-30(29)41)31-23-33-42-25(4)34(35(37(46)47)50-38(5,6)7)36(45(33)43-31)44-18-16-39(8,17-19-44)48-20-10-2/h9-10,12-15,21-24,35H,1-2,11,16-20H2,3-8H3,(H,46,47)/t24-,35?/m0/s1. The third-order valence-electron chi connectivity index (χ3n) is 8.76. The van der Waals surface area contributed by atoms with Crippen molar-refractivity contribution in [3.05, 3.63) is 90.7 Å². The third kappa shape index (κ3) is 8.05. The summed E-state index contributed by atoms with van der Waals surface area (Å²) in [6.07, 6.45) is 3.70. The van der Waals surface area contributed by atoms with Gasteiger partial charge in [0.1, 0.15) is 23.2 Å². The van der Waals surface area contributed by atoms with Crippen molar-refractivity contribution >= 4 is 17.4 Å². The van der Waals surface area contributed by atoms with Gasteiger partial charge in [-0.2, -0.15) is 9.61 Å². The van der Waals surface area contributed by atoms with Crippen LogP contribution in [0.2, 0.25) is 0 Å². The molecule has 2 aromatic carbocycles. The van der Waals surface area contributed by atoms with Crippen molar-refractivity contribution in [2.75, 3.05) is 24.6 Å². The monoisotopic (exact) mass is 688 g/mol. The van der Waals surface area contributed by atoms with Crippen LogP contribution >= 0.6 is 0 Å². The lowest BCUT2D eigenvalue weighted by molar-refractivity contribution is -0.160. The number of benzene rings is 2. The summed E-state index contributed by atoms with van der Waals surface area (Å²) in [5.74, 6) is -1.38. The molecule has 9 nitrogen and oxygen atoms in total. The predicted molar refractivity (Wildman–Crippen MR) is 191 cm³/mol. The Morgan fingerprint density at radius 1 is 1.08 bits per heavy atom. The van der Waals surface area contributed by atoms with Gasteiger partial charge in [-0.25, -0.2) is 18.6 Å². The van der Waals surface area contributed by atoms with Crippen LogP contribution in [0.15, 0.2) is 67.8 Å². The van der Waals surface area contributed by atoms with Crippen molar-refractivity contribution in [3.8, 4) is 28.1 Å². The fraction of sp³-hybridized carbons (Fsp3) is 0.410. The van der Waals surface area contributed by atoms with Gasteiger partial charge < -0.3 is 24.2 Å². The number of ether oxygens (including phenoxy) is 3. The van der Waals surface area contributed by atoms with Gasteiger partial charge in [-0.05, 0) is 84.7 Å². The van der Waals surface area contributed by atoms with E-state index in [2.05, 4.69) is 25.0 Å². The summed E-state index contributed by atoms with van der Waals surface area (Å²) in [6, 6.07) is 10.4. The van der Waals surface area contributed by atoms with E-state index in [1.54, 1.807) is 41.8 Å². The van der Waals surface area contributed by atoms with Gasteiger partial charge in [-0.3, -0.25) is 0 Å². The van der Waals surface area contributed by atoms with E-state index in [0.29, 0.717) is 78.5 Å². The highest BCUT2D eigenvalue weighted by Gasteiger charge is 2.37. The Kier molecular flexibility index (Phi) is 10.8. The van der Waals surface area contributed by atoms with E-state index in [-0.39, 0.29) is 23.0 Å². The first-order valence-corrected chi connectivity index (χ1v) is 16.8. The van der Waals surface area contributed by atoms with E-state index in [9.17, 15) is 14.3 Å². The molecule has 0 radical (unpaired) electrons. The maximum atomic E-state index is 15.5. The van der Waals surface area contributed by atoms with E-state index in [0.717, 1.165) is 0 Å². The lowest BCUT2D eigenvalue weighted by atomic mass is 9.92. The molecule has 1 N–H and O–H groups in total. The number of fused-ring (bicyclic) bond motifs is 1. The SMILES string of the molecule is C=CCOC1(C)CCN(c2c(C(OC(C)(C)C)C(=O)O)c(C)nc3cc(-c4ccc(F)c(-c5ccc(F)cc5O[C@@H](C)CC=C)c4)nn23)CC1. The Balaban J connectivity index is 1.65. The lowest BCUT2D eigenvalue weighted by Gasteiger charge is -2.41. The molecule has 2 aromatic heterocycles. The number of carboxylic acids is 1. The average Bonchev–Trinajstić information content (AvgIpc) is 3.46. The van der Waals surface area contributed by atoms with Gasteiger partial charge >= 0.3 is 5.97 Å². The zero-order valence-corrected chi connectivity index (χ0v) is 29.6. The average molecular weight is 689 g/mol. The van der Waals surface area contributed by atoms with Crippen molar-refractivity contribution < 1.29 is 32.9 Å². The third-order valence-corrected chi connectivity index (χ3v) is 8.76. The fourth-order valence-corrected chi connectivity index (χ4v) is 6.26.